The summed E-state index contributed by atoms with van der Waals surface area (Å²) in [6.45, 7) is 20.2. The van der Waals surface area contributed by atoms with Crippen molar-refractivity contribution < 1.29 is 99.9 Å². The van der Waals surface area contributed by atoms with Gasteiger partial charge in [0, 0.05) is 19.4 Å². The topological polar surface area (TPSA) is 353 Å². The Kier molecular flexibility index (Phi) is 35.2. The van der Waals surface area contributed by atoms with Crippen LogP contribution in [-0.2, 0) is 89.0 Å². The standard InChI is InChI=1S/C61H96N8O21/c1-10-15-62-53(70)40(2)65-58(75)47(36-45-11-13-49-51(38-45)88-34-30-84-26-22-80-18-16-78-20-24-82-28-32-86-49)68-56(73)42(4)63-54(71)41(3)66-59(76)48(69-57(74)43(5)64-55(72)44(6)67-60(77)90-61(7,8)9)37-46-12-14-50-52(39-46)89-35-31-85-27-23-81-19-17-79-21-25-83-29-33-87-50/h11-14,38-44,47-48H,10,15-37H2,1-9H3,(H,62,70)(H,63,71)(H,64,72)(H,65,75)(H,66,76)(H,67,77)(H,68,73)(H,69,74)/t40-,41-,42-,43-,44-,47-,48-/m0/s1. The smallest absolute Gasteiger partial charge is 0.408 e. The quantitative estimate of drug-likeness (QED) is 0.0898. The molecule has 29 nitrogen and oxygen atoms in total. The van der Waals surface area contributed by atoms with Crippen molar-refractivity contribution in [3.8, 4) is 23.0 Å². The summed E-state index contributed by atoms with van der Waals surface area (Å²) < 4.78 is 74.2. The van der Waals surface area contributed by atoms with Gasteiger partial charge in [0.25, 0.3) is 0 Å². The zero-order valence-corrected chi connectivity index (χ0v) is 53.5. The average molecular weight is 1280 g/mol. The number of ether oxygens (including phenoxy) is 13. The maximum atomic E-state index is 14.4. The van der Waals surface area contributed by atoms with Crippen molar-refractivity contribution in [2.24, 2.45) is 0 Å². The molecule has 2 aliphatic rings. The van der Waals surface area contributed by atoms with Crippen LogP contribution in [0.2, 0.25) is 0 Å². The summed E-state index contributed by atoms with van der Waals surface area (Å²) in [5.41, 5.74) is 0.159. The predicted molar refractivity (Wildman–Crippen MR) is 325 cm³/mol. The lowest BCUT2D eigenvalue weighted by Gasteiger charge is -2.26. The number of hydrogen-bond donors (Lipinski definition) is 8. The minimum absolute atomic E-state index is 0.105. The molecule has 90 heavy (non-hydrogen) atoms. The number of alkyl carbamates (subject to hydrolysis) is 1. The number of rotatable bonds is 20. The second-order valence-corrected chi connectivity index (χ2v) is 22.0. The van der Waals surface area contributed by atoms with Crippen LogP contribution in [0.15, 0.2) is 36.4 Å². The first-order valence-corrected chi connectivity index (χ1v) is 30.6. The minimum atomic E-state index is -1.41. The molecule has 506 valence electrons. The minimum Gasteiger partial charge on any atom is -0.487 e. The Morgan fingerprint density at radius 2 is 0.656 bits per heavy atom. The molecular formula is C61H96N8O21. The number of hydrogen-bond acceptors (Lipinski definition) is 21. The summed E-state index contributed by atoms with van der Waals surface area (Å²) in [6, 6.07) is 1.20. The Bertz CT molecular complexity index is 2540. The maximum absolute atomic E-state index is 14.4. The fraction of sp³-hybridized carbons (Fsp3) is 0.672. The Labute approximate surface area is 527 Å². The molecule has 0 bridgehead atoms. The van der Waals surface area contributed by atoms with Crippen molar-refractivity contribution in [1.82, 2.24) is 42.5 Å². The van der Waals surface area contributed by atoms with Crippen LogP contribution in [0, 0.1) is 0 Å². The summed E-state index contributed by atoms with van der Waals surface area (Å²) in [6.07, 6.45) is -0.493. The van der Waals surface area contributed by atoms with Gasteiger partial charge in [0.05, 0.1) is 106 Å². The number of fused-ring (bicyclic) bond motifs is 2. The molecular weight excluding hydrogens is 1180 g/mol. The number of amides is 8. The van der Waals surface area contributed by atoms with Gasteiger partial charge < -0.3 is 104 Å². The summed E-state index contributed by atoms with van der Waals surface area (Å²) in [4.78, 5) is 109. The molecule has 0 fully saturated rings. The van der Waals surface area contributed by atoms with Gasteiger partial charge in [-0.1, -0.05) is 19.1 Å². The number of nitrogens with one attached hydrogen (secondary N) is 8. The summed E-state index contributed by atoms with van der Waals surface area (Å²) in [7, 11) is 0. The highest BCUT2D eigenvalue weighted by Crippen LogP contribution is 2.31. The van der Waals surface area contributed by atoms with E-state index in [4.69, 9.17) is 61.6 Å². The van der Waals surface area contributed by atoms with Gasteiger partial charge in [-0.05, 0) is 97.2 Å². The highest BCUT2D eigenvalue weighted by molar-refractivity contribution is 5.97. The van der Waals surface area contributed by atoms with Crippen LogP contribution in [0.25, 0.3) is 0 Å². The van der Waals surface area contributed by atoms with Gasteiger partial charge in [-0.2, -0.15) is 0 Å². The monoisotopic (exact) mass is 1280 g/mol. The van der Waals surface area contributed by atoms with Crippen LogP contribution in [0.5, 0.6) is 23.0 Å². The Hall–Kier alpha value is -7.12. The van der Waals surface area contributed by atoms with Crippen LogP contribution >= 0.6 is 0 Å². The molecule has 8 amide bonds. The van der Waals surface area contributed by atoms with E-state index in [1.54, 1.807) is 57.2 Å². The lowest BCUT2D eigenvalue weighted by molar-refractivity contribution is -0.135. The third-order valence-corrected chi connectivity index (χ3v) is 13.0. The molecule has 2 aromatic carbocycles. The van der Waals surface area contributed by atoms with E-state index in [0.29, 0.717) is 121 Å². The van der Waals surface area contributed by atoms with Crippen molar-refractivity contribution in [3.05, 3.63) is 47.5 Å². The molecule has 0 aromatic heterocycles. The van der Waals surface area contributed by atoms with Crippen LogP contribution in [0.4, 0.5) is 4.79 Å². The molecule has 0 spiro atoms. The van der Waals surface area contributed by atoms with Crippen LogP contribution < -0.4 is 61.5 Å². The molecule has 7 atom stereocenters. The lowest BCUT2D eigenvalue weighted by Crippen LogP contribution is -2.59. The second kappa shape index (κ2) is 42.0. The largest absolute Gasteiger partial charge is 0.487 e. The summed E-state index contributed by atoms with van der Waals surface area (Å²) in [5, 5.41) is 21.0. The van der Waals surface area contributed by atoms with E-state index in [9.17, 15) is 38.4 Å². The third-order valence-electron chi connectivity index (χ3n) is 13.0. The normalized spacial score (nSPS) is 18.1. The molecule has 8 N–H and O–H groups in total. The molecule has 0 radical (unpaired) electrons. The highest BCUT2D eigenvalue weighted by Gasteiger charge is 2.32. The number of benzene rings is 2. The third kappa shape index (κ3) is 30.6. The van der Waals surface area contributed by atoms with E-state index in [0.717, 1.165) is 0 Å². The molecule has 0 unspecified atom stereocenters. The lowest BCUT2D eigenvalue weighted by atomic mass is 10.0. The summed E-state index contributed by atoms with van der Waals surface area (Å²) >= 11 is 0. The molecule has 0 saturated heterocycles. The molecule has 2 aliphatic heterocycles. The zero-order chi connectivity index (χ0) is 65.7. The van der Waals surface area contributed by atoms with Gasteiger partial charge in [-0.3, -0.25) is 33.6 Å². The fourth-order valence-corrected chi connectivity index (χ4v) is 8.19. The molecule has 4 rings (SSSR count). The first kappa shape index (κ1) is 75.3. The first-order chi connectivity index (χ1) is 43.1. The van der Waals surface area contributed by atoms with Crippen molar-refractivity contribution in [2.45, 2.75) is 129 Å². The van der Waals surface area contributed by atoms with E-state index in [2.05, 4.69) is 42.5 Å². The van der Waals surface area contributed by atoms with E-state index in [1.165, 1.54) is 34.6 Å². The SMILES string of the molecule is CCCNC(=O)[C@H](C)NC(=O)[C@H](Cc1ccc2c(c1)OCCOCCOCCOCCOCCO2)NC(=O)[C@H](C)NC(=O)[C@H](C)NC(=O)[C@H](Cc1ccc2c(c1)OCCOCCOCCOCCOCCO2)NC(=O)[C@H](C)NC(=O)[C@H](C)NC(=O)OC(C)(C)C. The Morgan fingerprint density at radius 3 is 0.978 bits per heavy atom. The van der Waals surface area contributed by atoms with Gasteiger partial charge in [-0.15, -0.1) is 0 Å². The molecule has 0 aliphatic carbocycles. The van der Waals surface area contributed by atoms with Gasteiger partial charge in [-0.25, -0.2) is 4.79 Å². The Morgan fingerprint density at radius 1 is 0.378 bits per heavy atom. The first-order valence-electron chi connectivity index (χ1n) is 30.6. The predicted octanol–water partition coefficient (Wildman–Crippen LogP) is 0.575. The van der Waals surface area contributed by atoms with Crippen LogP contribution in [0.1, 0.15) is 79.9 Å². The van der Waals surface area contributed by atoms with Gasteiger partial charge in [0.1, 0.15) is 74.3 Å². The van der Waals surface area contributed by atoms with Gasteiger partial charge >= 0.3 is 6.09 Å². The molecule has 2 aromatic rings. The van der Waals surface area contributed by atoms with Crippen LogP contribution in [-0.4, -0.2) is 234 Å². The van der Waals surface area contributed by atoms with Gasteiger partial charge in [0.15, 0.2) is 23.0 Å². The van der Waals surface area contributed by atoms with E-state index in [1.807, 2.05) is 6.92 Å². The van der Waals surface area contributed by atoms with Gasteiger partial charge in [0.2, 0.25) is 41.4 Å². The second-order valence-electron chi connectivity index (χ2n) is 22.0. The van der Waals surface area contributed by atoms with E-state index < -0.39 is 95.3 Å². The number of carbonyl (C=O) groups excluding carboxylic acids is 8. The van der Waals surface area contributed by atoms with Crippen molar-refractivity contribution in [2.75, 3.05) is 139 Å². The summed E-state index contributed by atoms with van der Waals surface area (Å²) in [5.74, 6) is -3.78. The average Bonchev–Trinajstić information content (AvgIpc) is 2.61. The van der Waals surface area contributed by atoms with Crippen molar-refractivity contribution in [3.63, 3.8) is 0 Å². The van der Waals surface area contributed by atoms with Crippen molar-refractivity contribution in [1.29, 1.82) is 0 Å². The molecule has 0 saturated carbocycles. The zero-order valence-electron chi connectivity index (χ0n) is 53.5. The number of carbonyl (C=O) groups is 8. The highest BCUT2D eigenvalue weighted by atomic mass is 16.6. The molecule has 2 heterocycles. The van der Waals surface area contributed by atoms with Crippen molar-refractivity contribution >= 4 is 47.4 Å². The van der Waals surface area contributed by atoms with E-state index in [-0.39, 0.29) is 71.4 Å². The fourth-order valence-electron chi connectivity index (χ4n) is 8.19. The Balaban J connectivity index is 1.54. The molecule has 29 heteroatoms. The van der Waals surface area contributed by atoms with Crippen LogP contribution in [0.3, 0.4) is 0 Å². The van der Waals surface area contributed by atoms with E-state index >= 15 is 0 Å². The maximum Gasteiger partial charge on any atom is 0.408 e.